The first-order chi connectivity index (χ1) is 5.73. The Labute approximate surface area is 73.4 Å². The van der Waals surface area contributed by atoms with Gasteiger partial charge in [0.05, 0.1) is 0 Å². The molecular formula is C11H14O. The second kappa shape index (κ2) is 3.53. The number of carbonyl (C=O) groups is 1. The smallest absolute Gasteiger partial charge is 0.130 e. The van der Waals surface area contributed by atoms with E-state index in [1.54, 1.807) is 0 Å². The van der Waals surface area contributed by atoms with Crippen LogP contribution >= 0.6 is 0 Å². The third kappa shape index (κ3) is 1.55. The molecule has 0 spiro atoms. The lowest BCUT2D eigenvalue weighted by Gasteiger charge is -2.20. The molecule has 0 aliphatic carbocycles. The molecule has 0 aliphatic rings. The van der Waals surface area contributed by atoms with Gasteiger partial charge in [0.15, 0.2) is 0 Å². The van der Waals surface area contributed by atoms with E-state index in [0.717, 1.165) is 18.3 Å². The Morgan fingerprint density at radius 1 is 1.33 bits per heavy atom. The molecule has 64 valence electrons. The van der Waals surface area contributed by atoms with E-state index in [9.17, 15) is 4.79 Å². The first-order valence-electron chi connectivity index (χ1n) is 4.25. The summed E-state index contributed by atoms with van der Waals surface area (Å²) in [4.78, 5) is 10.9. The van der Waals surface area contributed by atoms with Crippen LogP contribution in [0.2, 0.25) is 0 Å². The van der Waals surface area contributed by atoms with Crippen LogP contribution in [0.3, 0.4) is 0 Å². The fraction of sp³-hybridized carbons (Fsp3) is 0.364. The van der Waals surface area contributed by atoms with Crippen molar-refractivity contribution < 1.29 is 4.79 Å². The van der Waals surface area contributed by atoms with Gasteiger partial charge < -0.3 is 4.79 Å². The van der Waals surface area contributed by atoms with E-state index < -0.39 is 0 Å². The predicted molar refractivity (Wildman–Crippen MR) is 50.1 cm³/mol. The van der Waals surface area contributed by atoms with E-state index in [1.165, 1.54) is 0 Å². The predicted octanol–water partition coefficient (Wildman–Crippen LogP) is 2.55. The maximum Gasteiger partial charge on any atom is 0.130 e. The van der Waals surface area contributed by atoms with Crippen molar-refractivity contribution >= 4 is 6.29 Å². The molecule has 0 amide bonds. The molecule has 0 N–H and O–H groups in total. The summed E-state index contributed by atoms with van der Waals surface area (Å²) in [5.74, 6) is 0. The van der Waals surface area contributed by atoms with Crippen molar-refractivity contribution in [1.29, 1.82) is 0 Å². The van der Waals surface area contributed by atoms with Crippen LogP contribution in [-0.2, 0) is 10.2 Å². The number of carbonyl (C=O) groups excluding carboxylic acids is 1. The number of hydrogen-bond acceptors (Lipinski definition) is 1. The zero-order valence-corrected chi connectivity index (χ0v) is 7.58. The van der Waals surface area contributed by atoms with Crippen molar-refractivity contribution in [2.45, 2.75) is 25.7 Å². The van der Waals surface area contributed by atoms with Gasteiger partial charge in [-0.15, -0.1) is 0 Å². The molecule has 0 unspecified atom stereocenters. The molecule has 0 fully saturated rings. The molecule has 12 heavy (non-hydrogen) atoms. The normalized spacial score (nSPS) is 15.2. The average molecular weight is 162 g/mol. The fourth-order valence-corrected chi connectivity index (χ4v) is 1.17. The van der Waals surface area contributed by atoms with Crippen LogP contribution in [0, 0.1) is 0 Å². The van der Waals surface area contributed by atoms with Crippen LogP contribution in [-0.4, -0.2) is 6.29 Å². The minimum absolute atomic E-state index is 0.304. The Kier molecular flexibility index (Phi) is 2.64. The first-order valence-corrected chi connectivity index (χ1v) is 4.25. The average Bonchev–Trinajstić information content (AvgIpc) is 2.18. The first kappa shape index (κ1) is 8.98. The minimum Gasteiger partial charge on any atom is -0.302 e. The summed E-state index contributed by atoms with van der Waals surface area (Å²) in [6.07, 6.45) is 1.88. The van der Waals surface area contributed by atoms with Gasteiger partial charge in [-0.2, -0.15) is 0 Å². The quantitative estimate of drug-likeness (QED) is 0.624. The number of hydrogen-bond donors (Lipinski definition) is 0. The maximum absolute atomic E-state index is 10.9. The largest absolute Gasteiger partial charge is 0.302 e. The van der Waals surface area contributed by atoms with Crippen LogP contribution in [0.4, 0.5) is 0 Å². The Balaban J connectivity index is 3.03. The van der Waals surface area contributed by atoms with Gasteiger partial charge in [0.25, 0.3) is 0 Å². The van der Waals surface area contributed by atoms with Crippen LogP contribution in [0.25, 0.3) is 0 Å². The molecule has 0 aromatic heterocycles. The molecule has 1 atom stereocenters. The molecule has 1 rings (SSSR count). The van der Waals surface area contributed by atoms with Crippen molar-refractivity contribution in [2.24, 2.45) is 0 Å². The summed E-state index contributed by atoms with van der Waals surface area (Å²) in [5.41, 5.74) is 0.795. The van der Waals surface area contributed by atoms with Crippen molar-refractivity contribution in [1.82, 2.24) is 0 Å². The van der Waals surface area contributed by atoms with E-state index in [1.807, 2.05) is 44.2 Å². The number of benzene rings is 1. The molecule has 0 radical (unpaired) electrons. The summed E-state index contributed by atoms with van der Waals surface area (Å²) in [6, 6.07) is 9.89. The molecule has 0 saturated heterocycles. The highest BCUT2D eigenvalue weighted by molar-refractivity contribution is 5.67. The van der Waals surface area contributed by atoms with Crippen molar-refractivity contribution in [3.63, 3.8) is 0 Å². The Morgan fingerprint density at radius 3 is 2.33 bits per heavy atom. The summed E-state index contributed by atoms with van der Waals surface area (Å²) in [6.45, 7) is 4.00. The highest BCUT2D eigenvalue weighted by Gasteiger charge is 2.22. The lowest BCUT2D eigenvalue weighted by atomic mass is 9.82. The minimum atomic E-state index is -0.304. The lowest BCUT2D eigenvalue weighted by Crippen LogP contribution is -2.22. The SMILES string of the molecule is CC[C@@](C)(C=O)c1ccccc1. The summed E-state index contributed by atoms with van der Waals surface area (Å²) in [7, 11) is 0. The van der Waals surface area contributed by atoms with E-state index >= 15 is 0 Å². The molecule has 1 nitrogen and oxygen atoms in total. The third-order valence-corrected chi connectivity index (χ3v) is 2.43. The van der Waals surface area contributed by atoms with E-state index in [0.29, 0.717) is 0 Å². The Bertz CT molecular complexity index is 253. The topological polar surface area (TPSA) is 17.1 Å². The standard InChI is InChI=1S/C11H14O/c1-3-11(2,9-12)10-7-5-4-6-8-10/h4-9H,3H2,1-2H3/t11-/m0/s1. The van der Waals surface area contributed by atoms with Crippen molar-refractivity contribution in [3.05, 3.63) is 35.9 Å². The highest BCUT2D eigenvalue weighted by atomic mass is 16.1. The molecule has 1 aromatic rings. The van der Waals surface area contributed by atoms with E-state index in [2.05, 4.69) is 0 Å². The van der Waals surface area contributed by atoms with Gasteiger partial charge in [-0.1, -0.05) is 37.3 Å². The van der Waals surface area contributed by atoms with Crippen molar-refractivity contribution in [2.75, 3.05) is 0 Å². The van der Waals surface area contributed by atoms with Crippen LogP contribution in [0.1, 0.15) is 25.8 Å². The van der Waals surface area contributed by atoms with Gasteiger partial charge in [0.2, 0.25) is 0 Å². The Morgan fingerprint density at radius 2 is 1.92 bits per heavy atom. The van der Waals surface area contributed by atoms with Gasteiger partial charge in [-0.05, 0) is 18.9 Å². The summed E-state index contributed by atoms with van der Waals surface area (Å²) < 4.78 is 0. The zero-order valence-electron chi connectivity index (χ0n) is 7.58. The van der Waals surface area contributed by atoms with Crippen LogP contribution in [0.15, 0.2) is 30.3 Å². The van der Waals surface area contributed by atoms with Gasteiger partial charge in [-0.25, -0.2) is 0 Å². The summed E-state index contributed by atoms with van der Waals surface area (Å²) in [5, 5.41) is 0. The molecule has 1 aromatic carbocycles. The van der Waals surface area contributed by atoms with Crippen LogP contribution < -0.4 is 0 Å². The molecule has 0 saturated carbocycles. The third-order valence-electron chi connectivity index (χ3n) is 2.43. The molecular weight excluding hydrogens is 148 g/mol. The number of aldehydes is 1. The van der Waals surface area contributed by atoms with Gasteiger partial charge in [-0.3, -0.25) is 0 Å². The molecule has 1 heteroatoms. The fourth-order valence-electron chi connectivity index (χ4n) is 1.17. The highest BCUT2D eigenvalue weighted by Crippen LogP contribution is 2.24. The molecule has 0 heterocycles. The second-order valence-electron chi connectivity index (χ2n) is 3.25. The maximum atomic E-state index is 10.9. The monoisotopic (exact) mass is 162 g/mol. The van der Waals surface area contributed by atoms with Gasteiger partial charge in [0, 0.05) is 5.41 Å². The number of rotatable bonds is 3. The van der Waals surface area contributed by atoms with Gasteiger partial charge in [0.1, 0.15) is 6.29 Å². The lowest BCUT2D eigenvalue weighted by molar-refractivity contribution is -0.112. The summed E-state index contributed by atoms with van der Waals surface area (Å²) >= 11 is 0. The van der Waals surface area contributed by atoms with E-state index in [4.69, 9.17) is 0 Å². The Hall–Kier alpha value is -1.11. The van der Waals surface area contributed by atoms with Crippen LogP contribution in [0.5, 0.6) is 0 Å². The molecule has 0 aliphatic heterocycles. The van der Waals surface area contributed by atoms with E-state index in [-0.39, 0.29) is 5.41 Å². The zero-order chi connectivity index (χ0) is 9.03. The van der Waals surface area contributed by atoms with Crippen molar-refractivity contribution in [3.8, 4) is 0 Å². The van der Waals surface area contributed by atoms with Gasteiger partial charge >= 0.3 is 0 Å². The second-order valence-corrected chi connectivity index (χ2v) is 3.25. The molecule has 0 bridgehead atoms.